The number of esters is 1. The van der Waals surface area contributed by atoms with Crippen LogP contribution in [0.2, 0.25) is 0 Å². The van der Waals surface area contributed by atoms with Gasteiger partial charge in [-0.15, -0.1) is 0 Å². The molecule has 4 rings (SSSR count). The molecule has 10 unspecified atom stereocenters. The van der Waals surface area contributed by atoms with Crippen LogP contribution in [0, 0.1) is 58.2 Å². The highest BCUT2D eigenvalue weighted by Gasteiger charge is 2.61. The number of carbonyl (C=O) groups excluding carboxylic acids is 1. The molecule has 0 bridgehead atoms. The van der Waals surface area contributed by atoms with Crippen LogP contribution in [0.5, 0.6) is 0 Å². The lowest BCUT2D eigenvalue weighted by Crippen LogP contribution is -2.55. The fourth-order valence-corrected chi connectivity index (χ4v) is 9.98. The highest BCUT2D eigenvalue weighted by molar-refractivity contribution is 5.66. The molecule has 0 aromatic carbocycles. The summed E-state index contributed by atoms with van der Waals surface area (Å²) in [4.78, 5) is 11.6. The van der Waals surface area contributed by atoms with Gasteiger partial charge in [-0.25, -0.2) is 0 Å². The van der Waals surface area contributed by atoms with E-state index < -0.39 is 0 Å². The van der Waals surface area contributed by atoms with Crippen molar-refractivity contribution < 1.29 is 9.53 Å². The minimum Gasteiger partial charge on any atom is -0.462 e. The molecule has 4 saturated carbocycles. The van der Waals surface area contributed by atoms with E-state index in [0.717, 1.165) is 47.8 Å². The zero-order chi connectivity index (χ0) is 23.3. The van der Waals surface area contributed by atoms with E-state index in [4.69, 9.17) is 4.74 Å². The minimum absolute atomic E-state index is 0.0907. The molecule has 10 atom stereocenters. The average molecular weight is 445 g/mol. The molecule has 0 spiro atoms. The Morgan fingerprint density at radius 1 is 0.969 bits per heavy atom. The van der Waals surface area contributed by atoms with Crippen molar-refractivity contribution in [3.05, 3.63) is 0 Å². The molecule has 0 amide bonds. The van der Waals surface area contributed by atoms with E-state index in [1.54, 1.807) is 6.92 Å². The van der Waals surface area contributed by atoms with Gasteiger partial charge >= 0.3 is 5.97 Å². The van der Waals surface area contributed by atoms with Crippen LogP contribution in [0.15, 0.2) is 0 Å². The topological polar surface area (TPSA) is 26.3 Å². The Labute approximate surface area is 199 Å². The van der Waals surface area contributed by atoms with Crippen LogP contribution in [0.3, 0.4) is 0 Å². The summed E-state index contributed by atoms with van der Waals surface area (Å²) in [6.07, 6.45) is 15.5. The lowest BCUT2D eigenvalue weighted by atomic mass is 9.43. The molecule has 32 heavy (non-hydrogen) atoms. The van der Waals surface area contributed by atoms with Gasteiger partial charge in [0, 0.05) is 6.92 Å². The molecule has 0 saturated heterocycles. The summed E-state index contributed by atoms with van der Waals surface area (Å²) < 4.78 is 5.77. The highest BCUT2D eigenvalue weighted by atomic mass is 16.5. The third-order valence-electron chi connectivity index (χ3n) is 11.5. The van der Waals surface area contributed by atoms with Gasteiger partial charge in [-0.1, -0.05) is 60.8 Å². The van der Waals surface area contributed by atoms with E-state index in [2.05, 4.69) is 41.5 Å². The summed E-state index contributed by atoms with van der Waals surface area (Å²) in [7, 11) is 0. The molecule has 0 aromatic rings. The Morgan fingerprint density at radius 3 is 2.38 bits per heavy atom. The maximum absolute atomic E-state index is 11.6. The third kappa shape index (κ3) is 4.31. The predicted molar refractivity (Wildman–Crippen MR) is 133 cm³/mol. The van der Waals surface area contributed by atoms with Crippen LogP contribution in [0.25, 0.3) is 0 Å². The van der Waals surface area contributed by atoms with Crippen molar-refractivity contribution in [2.24, 2.45) is 58.2 Å². The smallest absolute Gasteiger partial charge is 0.302 e. The summed E-state index contributed by atoms with van der Waals surface area (Å²) in [5, 5.41) is 0. The summed E-state index contributed by atoms with van der Waals surface area (Å²) in [5.74, 6) is 6.65. The van der Waals surface area contributed by atoms with Gasteiger partial charge in [0.15, 0.2) is 0 Å². The normalized spacial score (nSPS) is 46.8. The molecule has 4 aliphatic rings. The zero-order valence-electron chi connectivity index (χ0n) is 22.3. The molecule has 184 valence electrons. The van der Waals surface area contributed by atoms with Gasteiger partial charge in [0.05, 0.1) is 0 Å². The molecule has 0 aromatic heterocycles. The number of fused-ring (bicyclic) bond motifs is 5. The first-order chi connectivity index (χ1) is 15.1. The Morgan fingerprint density at radius 2 is 1.69 bits per heavy atom. The van der Waals surface area contributed by atoms with Crippen LogP contribution >= 0.6 is 0 Å². The van der Waals surface area contributed by atoms with Gasteiger partial charge in [-0.3, -0.25) is 4.79 Å². The standard InChI is InChI=1S/C30H52O2/c1-19(2)9-8-10-20(3)25-13-14-26-24-12-11-23-17-28(32-22(5)31)21(4)18-30(23,7)27(24)15-16-29(25,26)6/h19-21,23-28H,8-18H2,1-7H3. The van der Waals surface area contributed by atoms with E-state index in [9.17, 15) is 4.79 Å². The number of ether oxygens (including phenoxy) is 1. The second-order valence-electron chi connectivity index (χ2n) is 13.8. The Hall–Kier alpha value is -0.530. The first-order valence-electron chi connectivity index (χ1n) is 14.2. The largest absolute Gasteiger partial charge is 0.462 e. The van der Waals surface area contributed by atoms with E-state index in [1.807, 2.05) is 0 Å². The molecule has 2 heteroatoms. The number of rotatable bonds is 6. The van der Waals surface area contributed by atoms with Crippen molar-refractivity contribution in [3.63, 3.8) is 0 Å². The van der Waals surface area contributed by atoms with Gasteiger partial charge in [-0.05, 0) is 110 Å². The lowest BCUT2D eigenvalue weighted by molar-refractivity contribution is -0.169. The lowest BCUT2D eigenvalue weighted by Gasteiger charge is -2.62. The van der Waals surface area contributed by atoms with Gasteiger partial charge in [0.25, 0.3) is 0 Å². The molecular weight excluding hydrogens is 392 g/mol. The van der Waals surface area contributed by atoms with Crippen molar-refractivity contribution in [1.82, 2.24) is 0 Å². The van der Waals surface area contributed by atoms with Gasteiger partial charge in [0.2, 0.25) is 0 Å². The van der Waals surface area contributed by atoms with E-state index in [0.29, 0.717) is 16.7 Å². The fraction of sp³-hybridized carbons (Fsp3) is 0.967. The molecule has 0 radical (unpaired) electrons. The maximum atomic E-state index is 11.6. The first-order valence-corrected chi connectivity index (χ1v) is 14.2. The van der Waals surface area contributed by atoms with Crippen LogP contribution in [-0.4, -0.2) is 12.1 Å². The Balaban J connectivity index is 1.46. The SMILES string of the molecule is CC(=O)OC1CC2CCC3C(CCC4(C)C(C(C)CCCC(C)C)CCC34)C2(C)CC1C. The number of carbonyl (C=O) groups is 1. The zero-order valence-corrected chi connectivity index (χ0v) is 22.3. The van der Waals surface area contributed by atoms with Crippen molar-refractivity contribution in [2.75, 3.05) is 0 Å². The number of hydrogen-bond acceptors (Lipinski definition) is 2. The maximum Gasteiger partial charge on any atom is 0.302 e. The van der Waals surface area contributed by atoms with E-state index in [-0.39, 0.29) is 12.1 Å². The molecule has 0 heterocycles. The molecular formula is C30H52O2. The summed E-state index contributed by atoms with van der Waals surface area (Å²) in [6.45, 7) is 16.6. The second-order valence-corrected chi connectivity index (χ2v) is 13.8. The molecule has 0 aliphatic heterocycles. The van der Waals surface area contributed by atoms with Crippen LogP contribution in [0.1, 0.15) is 119 Å². The average Bonchev–Trinajstić information content (AvgIpc) is 3.05. The van der Waals surface area contributed by atoms with Crippen LogP contribution in [0.4, 0.5) is 0 Å². The van der Waals surface area contributed by atoms with Crippen molar-refractivity contribution in [1.29, 1.82) is 0 Å². The van der Waals surface area contributed by atoms with Crippen molar-refractivity contribution in [2.45, 2.75) is 125 Å². The van der Waals surface area contributed by atoms with Crippen LogP contribution in [-0.2, 0) is 9.53 Å². The van der Waals surface area contributed by atoms with Gasteiger partial charge < -0.3 is 4.74 Å². The van der Waals surface area contributed by atoms with Crippen molar-refractivity contribution >= 4 is 5.97 Å². The molecule has 4 aliphatic carbocycles. The monoisotopic (exact) mass is 444 g/mol. The minimum atomic E-state index is -0.0907. The first kappa shape index (κ1) is 24.6. The molecule has 4 fully saturated rings. The van der Waals surface area contributed by atoms with E-state index in [1.165, 1.54) is 64.2 Å². The summed E-state index contributed by atoms with van der Waals surface area (Å²) in [5.41, 5.74) is 1.05. The Bertz CT molecular complexity index is 670. The predicted octanol–water partition coefficient (Wildman–Crippen LogP) is 8.29. The van der Waals surface area contributed by atoms with Gasteiger partial charge in [-0.2, -0.15) is 0 Å². The highest BCUT2D eigenvalue weighted by Crippen LogP contribution is 2.68. The third-order valence-corrected chi connectivity index (χ3v) is 11.5. The van der Waals surface area contributed by atoms with Crippen molar-refractivity contribution in [3.8, 4) is 0 Å². The summed E-state index contributed by atoms with van der Waals surface area (Å²) in [6, 6.07) is 0. The molecule has 0 N–H and O–H groups in total. The quantitative estimate of drug-likeness (QED) is 0.385. The van der Waals surface area contributed by atoms with Gasteiger partial charge in [0.1, 0.15) is 6.10 Å². The number of hydrogen-bond donors (Lipinski definition) is 0. The van der Waals surface area contributed by atoms with Crippen LogP contribution < -0.4 is 0 Å². The van der Waals surface area contributed by atoms with E-state index >= 15 is 0 Å². The Kier molecular flexibility index (Phi) is 7.11. The molecule has 2 nitrogen and oxygen atoms in total. The second kappa shape index (κ2) is 9.26. The fourth-order valence-electron chi connectivity index (χ4n) is 9.98. The summed E-state index contributed by atoms with van der Waals surface area (Å²) >= 11 is 0.